The van der Waals surface area contributed by atoms with Gasteiger partial charge < -0.3 is 9.64 Å². The van der Waals surface area contributed by atoms with Crippen molar-refractivity contribution in [3.8, 4) is 5.75 Å². The van der Waals surface area contributed by atoms with Gasteiger partial charge in [-0.05, 0) is 67.1 Å². The van der Waals surface area contributed by atoms with E-state index in [1.165, 1.54) is 0 Å². The van der Waals surface area contributed by atoms with E-state index in [0.717, 1.165) is 41.0 Å². The molecule has 0 bridgehead atoms. The van der Waals surface area contributed by atoms with Crippen molar-refractivity contribution in [1.29, 1.82) is 0 Å². The molecule has 0 fully saturated rings. The van der Waals surface area contributed by atoms with E-state index in [0.29, 0.717) is 6.61 Å². The van der Waals surface area contributed by atoms with Gasteiger partial charge in [0.15, 0.2) is 5.75 Å². The number of hydrogen-bond acceptors (Lipinski definition) is 3. The van der Waals surface area contributed by atoms with Crippen LogP contribution in [0.25, 0.3) is 0 Å². The minimum absolute atomic E-state index is 0.557. The van der Waals surface area contributed by atoms with Crippen molar-refractivity contribution in [3.63, 3.8) is 0 Å². The van der Waals surface area contributed by atoms with E-state index in [1.54, 1.807) is 0 Å². The van der Waals surface area contributed by atoms with Crippen molar-refractivity contribution in [2.75, 3.05) is 20.6 Å². The molecular formula is C17H21BrN2O. The fourth-order valence-electron chi connectivity index (χ4n) is 2.02. The zero-order valence-electron chi connectivity index (χ0n) is 12.6. The van der Waals surface area contributed by atoms with Crippen molar-refractivity contribution in [2.24, 2.45) is 0 Å². The van der Waals surface area contributed by atoms with Crippen LogP contribution in [0.3, 0.4) is 0 Å². The first-order valence-corrected chi connectivity index (χ1v) is 7.91. The minimum Gasteiger partial charge on any atom is -0.486 e. The molecule has 0 unspecified atom stereocenters. The standard InChI is InChI=1S/C17H21BrN2O/c1-20(2)12-6-9-15-10-11-16(17(18)19-15)21-13-14-7-4-3-5-8-14/h3-5,7-8,10-11H,6,9,12-13H2,1-2H3. The number of nitrogens with zero attached hydrogens (tertiary/aromatic N) is 2. The third-order valence-corrected chi connectivity index (χ3v) is 3.72. The SMILES string of the molecule is CN(C)CCCc1ccc(OCc2ccccc2)c(Br)n1. The number of aryl methyl sites for hydroxylation is 1. The Morgan fingerprint density at radius 1 is 1.10 bits per heavy atom. The lowest BCUT2D eigenvalue weighted by molar-refractivity contribution is 0.302. The quantitative estimate of drug-likeness (QED) is 0.709. The van der Waals surface area contributed by atoms with Crippen LogP contribution in [-0.2, 0) is 13.0 Å². The summed E-state index contributed by atoms with van der Waals surface area (Å²) in [6, 6.07) is 14.2. The maximum absolute atomic E-state index is 5.80. The van der Waals surface area contributed by atoms with E-state index in [1.807, 2.05) is 30.3 Å². The van der Waals surface area contributed by atoms with Gasteiger partial charge in [0.2, 0.25) is 0 Å². The molecule has 112 valence electrons. The van der Waals surface area contributed by atoms with E-state index in [-0.39, 0.29) is 0 Å². The number of ether oxygens (including phenoxy) is 1. The van der Waals surface area contributed by atoms with Gasteiger partial charge in [-0.2, -0.15) is 0 Å². The Labute approximate surface area is 135 Å². The summed E-state index contributed by atoms with van der Waals surface area (Å²) in [6.45, 7) is 1.63. The summed E-state index contributed by atoms with van der Waals surface area (Å²) in [5, 5.41) is 0. The summed E-state index contributed by atoms with van der Waals surface area (Å²) < 4.78 is 6.58. The molecule has 0 spiro atoms. The molecule has 2 rings (SSSR count). The van der Waals surface area contributed by atoms with Crippen LogP contribution in [0.2, 0.25) is 0 Å². The lowest BCUT2D eigenvalue weighted by Crippen LogP contribution is -2.13. The van der Waals surface area contributed by atoms with E-state index in [9.17, 15) is 0 Å². The number of benzene rings is 1. The van der Waals surface area contributed by atoms with Gasteiger partial charge in [-0.1, -0.05) is 30.3 Å². The summed E-state index contributed by atoms with van der Waals surface area (Å²) >= 11 is 3.50. The highest BCUT2D eigenvalue weighted by atomic mass is 79.9. The van der Waals surface area contributed by atoms with E-state index in [4.69, 9.17) is 4.74 Å². The molecule has 0 saturated carbocycles. The highest BCUT2D eigenvalue weighted by molar-refractivity contribution is 9.10. The molecule has 0 aliphatic rings. The number of halogens is 1. The van der Waals surface area contributed by atoms with Crippen molar-refractivity contribution >= 4 is 15.9 Å². The first-order valence-electron chi connectivity index (χ1n) is 7.12. The van der Waals surface area contributed by atoms with Crippen molar-refractivity contribution in [3.05, 3.63) is 58.3 Å². The van der Waals surface area contributed by atoms with Crippen molar-refractivity contribution in [1.82, 2.24) is 9.88 Å². The monoisotopic (exact) mass is 348 g/mol. The molecule has 1 aromatic heterocycles. The Bertz CT molecular complexity index is 558. The van der Waals surface area contributed by atoms with Crippen LogP contribution in [0.1, 0.15) is 17.7 Å². The van der Waals surface area contributed by atoms with Gasteiger partial charge in [-0.25, -0.2) is 4.98 Å². The maximum atomic E-state index is 5.80. The second kappa shape index (κ2) is 8.15. The molecule has 0 radical (unpaired) electrons. The normalized spacial score (nSPS) is 10.9. The Morgan fingerprint density at radius 3 is 2.52 bits per heavy atom. The fourth-order valence-corrected chi connectivity index (χ4v) is 2.49. The molecular weight excluding hydrogens is 328 g/mol. The lowest BCUT2D eigenvalue weighted by atomic mass is 10.2. The third-order valence-electron chi connectivity index (χ3n) is 3.15. The van der Waals surface area contributed by atoms with E-state index < -0.39 is 0 Å². The first-order chi connectivity index (χ1) is 10.1. The minimum atomic E-state index is 0.557. The molecule has 0 aliphatic heterocycles. The maximum Gasteiger partial charge on any atom is 0.152 e. The van der Waals surface area contributed by atoms with Crippen molar-refractivity contribution in [2.45, 2.75) is 19.4 Å². The molecule has 1 heterocycles. The van der Waals surface area contributed by atoms with Crippen LogP contribution >= 0.6 is 15.9 Å². The predicted molar refractivity (Wildman–Crippen MR) is 89.6 cm³/mol. The van der Waals surface area contributed by atoms with Crippen LogP contribution in [0, 0.1) is 0 Å². The topological polar surface area (TPSA) is 25.4 Å². The molecule has 4 heteroatoms. The highest BCUT2D eigenvalue weighted by Crippen LogP contribution is 2.24. The molecule has 0 N–H and O–H groups in total. The van der Waals surface area contributed by atoms with Gasteiger partial charge in [0.25, 0.3) is 0 Å². The summed E-state index contributed by atoms with van der Waals surface area (Å²) in [5.74, 6) is 0.787. The highest BCUT2D eigenvalue weighted by Gasteiger charge is 2.05. The number of hydrogen-bond donors (Lipinski definition) is 0. The number of pyridine rings is 1. The molecule has 21 heavy (non-hydrogen) atoms. The first kappa shape index (κ1) is 16.0. The molecule has 0 amide bonds. The second-order valence-electron chi connectivity index (χ2n) is 5.27. The van der Waals surface area contributed by atoms with Crippen LogP contribution < -0.4 is 4.74 Å². The van der Waals surface area contributed by atoms with Gasteiger partial charge in [-0.3, -0.25) is 0 Å². The average molecular weight is 349 g/mol. The zero-order chi connectivity index (χ0) is 15.1. The molecule has 3 nitrogen and oxygen atoms in total. The molecule has 2 aromatic rings. The van der Waals surface area contributed by atoms with Gasteiger partial charge in [0.05, 0.1) is 0 Å². The zero-order valence-corrected chi connectivity index (χ0v) is 14.1. The van der Waals surface area contributed by atoms with Crippen LogP contribution in [0.5, 0.6) is 5.75 Å². The Morgan fingerprint density at radius 2 is 1.86 bits per heavy atom. The smallest absolute Gasteiger partial charge is 0.152 e. The average Bonchev–Trinajstić information content (AvgIpc) is 2.47. The Kier molecular flexibility index (Phi) is 6.21. The van der Waals surface area contributed by atoms with Crippen LogP contribution in [0.15, 0.2) is 47.1 Å². The van der Waals surface area contributed by atoms with Crippen LogP contribution in [-0.4, -0.2) is 30.5 Å². The third kappa shape index (κ3) is 5.48. The molecule has 0 atom stereocenters. The van der Waals surface area contributed by atoms with Gasteiger partial charge in [0.1, 0.15) is 11.2 Å². The Hall–Kier alpha value is -1.39. The van der Waals surface area contributed by atoms with E-state index in [2.05, 4.69) is 52.0 Å². The summed E-state index contributed by atoms with van der Waals surface area (Å²) in [7, 11) is 4.17. The fraction of sp³-hybridized carbons (Fsp3) is 0.353. The van der Waals surface area contributed by atoms with Gasteiger partial charge in [0, 0.05) is 5.69 Å². The lowest BCUT2D eigenvalue weighted by Gasteiger charge is -2.11. The Balaban J connectivity index is 1.90. The second-order valence-corrected chi connectivity index (χ2v) is 6.02. The largest absolute Gasteiger partial charge is 0.486 e. The van der Waals surface area contributed by atoms with Gasteiger partial charge in [-0.15, -0.1) is 0 Å². The van der Waals surface area contributed by atoms with Crippen molar-refractivity contribution < 1.29 is 4.74 Å². The molecule has 0 aliphatic carbocycles. The number of aromatic nitrogens is 1. The molecule has 0 saturated heterocycles. The van der Waals surface area contributed by atoms with Gasteiger partial charge >= 0.3 is 0 Å². The molecule has 1 aromatic carbocycles. The van der Waals surface area contributed by atoms with E-state index >= 15 is 0 Å². The summed E-state index contributed by atoms with van der Waals surface area (Å²) in [4.78, 5) is 6.74. The summed E-state index contributed by atoms with van der Waals surface area (Å²) in [5.41, 5.74) is 2.25. The predicted octanol–water partition coefficient (Wildman–Crippen LogP) is 3.92. The number of rotatable bonds is 7. The summed E-state index contributed by atoms with van der Waals surface area (Å²) in [6.07, 6.45) is 2.09. The van der Waals surface area contributed by atoms with Crippen LogP contribution in [0.4, 0.5) is 0 Å².